The summed E-state index contributed by atoms with van der Waals surface area (Å²) < 4.78 is 56.5. The van der Waals surface area contributed by atoms with Crippen LogP contribution >= 0.6 is 11.6 Å². The highest BCUT2D eigenvalue weighted by molar-refractivity contribution is 6.30. The van der Waals surface area contributed by atoms with Gasteiger partial charge in [-0.1, -0.05) is 24.1 Å². The van der Waals surface area contributed by atoms with Gasteiger partial charge in [-0.25, -0.2) is 4.68 Å². The van der Waals surface area contributed by atoms with Crippen LogP contribution in [0.5, 0.6) is 11.9 Å². The molecule has 45 heavy (non-hydrogen) atoms. The molecular formula is C30H32ClF3N6O5. The van der Waals surface area contributed by atoms with E-state index in [0.29, 0.717) is 57.4 Å². The molecule has 2 saturated heterocycles. The lowest BCUT2D eigenvalue weighted by atomic mass is 9.76. The maximum absolute atomic E-state index is 14.7. The van der Waals surface area contributed by atoms with Gasteiger partial charge in [-0.05, 0) is 62.6 Å². The van der Waals surface area contributed by atoms with Crippen molar-refractivity contribution in [3.05, 3.63) is 52.8 Å². The Morgan fingerprint density at radius 3 is 2.51 bits per heavy atom. The molecule has 0 bridgehead atoms. The second-order valence-electron chi connectivity index (χ2n) is 12.0. The van der Waals surface area contributed by atoms with Crippen molar-refractivity contribution in [2.24, 2.45) is 11.3 Å². The topological polar surface area (TPSA) is 132 Å². The van der Waals surface area contributed by atoms with E-state index in [1.54, 1.807) is 13.0 Å². The van der Waals surface area contributed by atoms with Crippen LogP contribution in [0.2, 0.25) is 5.02 Å². The molecule has 1 saturated carbocycles. The Hall–Kier alpha value is -3.91. The molecule has 1 spiro atoms. The summed E-state index contributed by atoms with van der Waals surface area (Å²) in [5.74, 6) is -1.93. The first-order valence-corrected chi connectivity index (χ1v) is 15.1. The van der Waals surface area contributed by atoms with Crippen LogP contribution in [0.3, 0.4) is 0 Å². The largest absolute Gasteiger partial charge is 0.480 e. The molecular weight excluding hydrogens is 617 g/mol. The highest BCUT2D eigenvalue weighted by Crippen LogP contribution is 2.43. The predicted molar refractivity (Wildman–Crippen MR) is 156 cm³/mol. The quantitative estimate of drug-likeness (QED) is 0.320. The standard InChI is InChI=1S/C30H32ClF3N6O5/c1-17-7-10-40(38-17)22-13-19(31)5-6-20(22)25(30(32,33)34)44-24-14-23(36-28(37-24)45-27(43)18-3-2-4-18)39-11-8-29(9-12-39)15-21(26(41)42)35-16-29/h5-7,10,13-14,18,21,25,35H,2-4,8-9,11-12,15-16H2,1H3,(H,41,42)/t21-,25+/m0/s1. The van der Waals surface area contributed by atoms with Gasteiger partial charge in [0.15, 0.2) is 0 Å². The summed E-state index contributed by atoms with van der Waals surface area (Å²) >= 11 is 6.17. The van der Waals surface area contributed by atoms with Crippen LogP contribution in [0.25, 0.3) is 5.69 Å². The lowest BCUT2D eigenvalue weighted by Gasteiger charge is -2.39. The van der Waals surface area contributed by atoms with Gasteiger partial charge in [0.1, 0.15) is 11.9 Å². The van der Waals surface area contributed by atoms with Gasteiger partial charge in [0, 0.05) is 42.5 Å². The molecule has 2 atom stereocenters. The molecule has 0 unspecified atom stereocenters. The third-order valence-electron chi connectivity index (χ3n) is 8.89. The van der Waals surface area contributed by atoms with Gasteiger partial charge in [0.25, 0.3) is 0 Å². The summed E-state index contributed by atoms with van der Waals surface area (Å²) in [4.78, 5) is 34.5. The molecule has 4 heterocycles. The summed E-state index contributed by atoms with van der Waals surface area (Å²) in [6, 6.07) is 5.89. The van der Waals surface area contributed by atoms with Gasteiger partial charge < -0.3 is 24.8 Å². The Morgan fingerprint density at radius 2 is 1.91 bits per heavy atom. The average Bonchev–Trinajstić information content (AvgIpc) is 3.57. The van der Waals surface area contributed by atoms with E-state index < -0.39 is 42.2 Å². The molecule has 2 N–H and O–H groups in total. The van der Waals surface area contributed by atoms with E-state index in [4.69, 9.17) is 21.1 Å². The van der Waals surface area contributed by atoms with E-state index in [0.717, 1.165) is 6.42 Å². The number of alkyl halides is 3. The van der Waals surface area contributed by atoms with Crippen molar-refractivity contribution in [2.75, 3.05) is 24.5 Å². The number of halogens is 4. The van der Waals surface area contributed by atoms with Gasteiger partial charge >= 0.3 is 24.1 Å². The van der Waals surface area contributed by atoms with Crippen LogP contribution in [-0.2, 0) is 9.59 Å². The molecule has 2 aliphatic heterocycles. The summed E-state index contributed by atoms with van der Waals surface area (Å²) in [6.07, 6.45) is -1.86. The Balaban J connectivity index is 1.31. The zero-order chi connectivity index (χ0) is 31.9. The normalized spacial score (nSPS) is 20.6. The summed E-state index contributed by atoms with van der Waals surface area (Å²) in [7, 11) is 0. The summed E-state index contributed by atoms with van der Waals surface area (Å²) in [5.41, 5.74) is 0.224. The van der Waals surface area contributed by atoms with Crippen molar-refractivity contribution in [3.8, 4) is 17.6 Å². The van der Waals surface area contributed by atoms with E-state index >= 15 is 0 Å². The fourth-order valence-corrected chi connectivity index (χ4v) is 6.24. The first kappa shape index (κ1) is 31.1. The van der Waals surface area contributed by atoms with E-state index in [1.807, 2.05) is 4.90 Å². The maximum Gasteiger partial charge on any atom is 0.429 e. The minimum absolute atomic E-state index is 0.0787. The van der Waals surface area contributed by atoms with Crippen molar-refractivity contribution < 1.29 is 37.3 Å². The number of ether oxygens (including phenoxy) is 2. The number of hydrogen-bond donors (Lipinski definition) is 2. The number of anilines is 1. The van der Waals surface area contributed by atoms with Crippen molar-refractivity contribution in [2.45, 2.75) is 63.8 Å². The van der Waals surface area contributed by atoms with E-state index in [9.17, 15) is 27.9 Å². The molecule has 1 aromatic carbocycles. The van der Waals surface area contributed by atoms with E-state index in [2.05, 4.69) is 20.4 Å². The summed E-state index contributed by atoms with van der Waals surface area (Å²) in [5, 5.41) is 17.0. The number of benzene rings is 1. The molecule has 15 heteroatoms. The van der Waals surface area contributed by atoms with Gasteiger partial charge in [-0.3, -0.25) is 9.59 Å². The fourth-order valence-electron chi connectivity index (χ4n) is 6.07. The average molecular weight is 649 g/mol. The summed E-state index contributed by atoms with van der Waals surface area (Å²) in [6.45, 7) is 3.20. The highest BCUT2D eigenvalue weighted by Gasteiger charge is 2.46. The molecule has 0 radical (unpaired) electrons. The molecule has 6 rings (SSSR count). The molecule has 3 fully saturated rings. The van der Waals surface area contributed by atoms with Crippen LogP contribution in [0, 0.1) is 18.3 Å². The van der Waals surface area contributed by atoms with Gasteiger partial charge in [-0.15, -0.1) is 0 Å². The van der Waals surface area contributed by atoms with Crippen LogP contribution in [-0.4, -0.2) is 68.6 Å². The molecule has 1 aliphatic carbocycles. The number of aliphatic carboxylic acids is 1. The zero-order valence-corrected chi connectivity index (χ0v) is 25.1. The van der Waals surface area contributed by atoms with Gasteiger partial charge in [0.2, 0.25) is 12.0 Å². The lowest BCUT2D eigenvalue weighted by Crippen LogP contribution is -2.41. The number of esters is 1. The Kier molecular flexibility index (Phi) is 8.37. The molecule has 2 aromatic heterocycles. The number of aryl methyl sites for hydroxylation is 1. The number of nitrogens with zero attached hydrogens (tertiary/aromatic N) is 5. The SMILES string of the molecule is Cc1ccn(-c2cc(Cl)ccc2[C@@H](Oc2cc(N3CCC4(CC3)CN[C@H](C(=O)O)C4)nc(OC(=O)C3CCC3)n2)C(F)(F)F)n1. The number of carboxylic acids is 1. The lowest BCUT2D eigenvalue weighted by molar-refractivity contribution is -0.198. The van der Waals surface area contributed by atoms with Crippen LogP contribution in [0.4, 0.5) is 19.0 Å². The molecule has 0 amide bonds. The highest BCUT2D eigenvalue weighted by atomic mass is 35.5. The molecule has 11 nitrogen and oxygen atoms in total. The van der Waals surface area contributed by atoms with Crippen LogP contribution in [0.15, 0.2) is 36.5 Å². The molecule has 3 aromatic rings. The van der Waals surface area contributed by atoms with Crippen LogP contribution in [0.1, 0.15) is 55.9 Å². The maximum atomic E-state index is 14.7. The second-order valence-corrected chi connectivity index (χ2v) is 12.4. The third-order valence-corrected chi connectivity index (χ3v) is 9.12. The number of carbonyl (C=O) groups is 2. The first-order valence-electron chi connectivity index (χ1n) is 14.8. The van der Waals surface area contributed by atoms with Gasteiger partial charge in [0.05, 0.1) is 17.3 Å². The Morgan fingerprint density at radius 1 is 1.16 bits per heavy atom. The minimum Gasteiger partial charge on any atom is -0.480 e. The third kappa shape index (κ3) is 6.71. The Labute approximate surface area is 261 Å². The zero-order valence-electron chi connectivity index (χ0n) is 24.4. The fraction of sp³-hybridized carbons (Fsp3) is 0.500. The van der Waals surface area contributed by atoms with Crippen molar-refractivity contribution in [1.29, 1.82) is 0 Å². The first-order chi connectivity index (χ1) is 21.4. The number of aromatic nitrogens is 4. The van der Waals surface area contributed by atoms with Crippen LogP contribution < -0.4 is 19.7 Å². The number of carbonyl (C=O) groups excluding carboxylic acids is 1. The van der Waals surface area contributed by atoms with Gasteiger partial charge in [-0.2, -0.15) is 28.2 Å². The van der Waals surface area contributed by atoms with E-state index in [-0.39, 0.29) is 33.4 Å². The molecule has 3 aliphatic rings. The number of nitrogens with one attached hydrogen (secondary N) is 1. The van der Waals surface area contributed by atoms with Crippen molar-refractivity contribution in [1.82, 2.24) is 25.1 Å². The smallest absolute Gasteiger partial charge is 0.429 e. The number of carboxylic acid groups (broad SMARTS) is 1. The molecule has 240 valence electrons. The van der Waals surface area contributed by atoms with Crippen molar-refractivity contribution >= 4 is 29.4 Å². The number of hydrogen-bond acceptors (Lipinski definition) is 9. The monoisotopic (exact) mass is 648 g/mol. The number of piperidine rings is 1. The van der Waals surface area contributed by atoms with Crippen molar-refractivity contribution in [3.63, 3.8) is 0 Å². The second kappa shape index (κ2) is 12.1. The number of rotatable bonds is 8. The van der Waals surface area contributed by atoms with E-state index in [1.165, 1.54) is 35.1 Å². The predicted octanol–water partition coefficient (Wildman–Crippen LogP) is 5.05. The minimum atomic E-state index is -4.88. The Bertz CT molecular complexity index is 1590.